The molecule has 3 atom stereocenters. The normalized spacial score (nSPS) is 18.9. The molecule has 10 heteroatoms. The molecular formula is C41H37Br3N6O. The van der Waals surface area contributed by atoms with Gasteiger partial charge in [0.25, 0.3) is 0 Å². The van der Waals surface area contributed by atoms with E-state index in [1.165, 1.54) is 16.7 Å². The number of aromatic nitrogens is 3. The van der Waals surface area contributed by atoms with Crippen LogP contribution in [-0.2, 0) is 11.2 Å². The average Bonchev–Trinajstić information content (AvgIpc) is 3.97. The first kappa shape index (κ1) is 35.3. The Kier molecular flexibility index (Phi) is 11.4. The maximum Gasteiger partial charge on any atom is 0.220 e. The lowest BCUT2D eigenvalue weighted by Gasteiger charge is -2.14. The first-order chi connectivity index (χ1) is 24.9. The van der Waals surface area contributed by atoms with E-state index >= 15 is 0 Å². The van der Waals surface area contributed by atoms with Gasteiger partial charge < -0.3 is 15.2 Å². The Morgan fingerprint density at radius 2 is 1.37 bits per heavy atom. The highest BCUT2D eigenvalue weighted by atomic mass is 79.9. The molecule has 0 aliphatic carbocycles. The van der Waals surface area contributed by atoms with Gasteiger partial charge in [0.15, 0.2) is 5.65 Å². The lowest BCUT2D eigenvalue weighted by Crippen LogP contribution is -2.17. The number of amides is 1. The molecule has 0 radical (unpaired) electrons. The van der Waals surface area contributed by atoms with Crippen molar-refractivity contribution >= 4 is 76.4 Å². The number of rotatable bonds is 4. The number of nitrogens with one attached hydrogen (secondary N) is 2. The third kappa shape index (κ3) is 8.68. The van der Waals surface area contributed by atoms with E-state index in [0.717, 1.165) is 74.2 Å². The van der Waals surface area contributed by atoms with Crippen molar-refractivity contribution < 1.29 is 4.79 Å². The molecule has 1 amide bonds. The number of carbonyl (C=O) groups excluding carboxylic acids is 1. The second-order valence-corrected chi connectivity index (χ2v) is 15.3. The highest BCUT2D eigenvalue weighted by Crippen LogP contribution is 2.35. The fourth-order valence-electron chi connectivity index (χ4n) is 6.78. The number of pyridine rings is 1. The van der Waals surface area contributed by atoms with Crippen LogP contribution in [0.3, 0.4) is 0 Å². The number of fused-ring (bicyclic) bond motifs is 3. The summed E-state index contributed by atoms with van der Waals surface area (Å²) in [6, 6.07) is 42.2. The molecule has 51 heavy (non-hydrogen) atoms. The number of aliphatic imine (C=N–C) groups is 1. The van der Waals surface area contributed by atoms with Gasteiger partial charge in [0.1, 0.15) is 21.8 Å². The largest absolute Gasteiger partial charge is 0.349 e. The molecule has 0 spiro atoms. The van der Waals surface area contributed by atoms with Crippen molar-refractivity contribution in [2.45, 2.75) is 56.7 Å². The first-order valence-electron chi connectivity index (χ1n) is 17.2. The van der Waals surface area contributed by atoms with Crippen LogP contribution >= 0.6 is 47.8 Å². The van der Waals surface area contributed by atoms with E-state index in [-0.39, 0.29) is 18.0 Å². The molecule has 6 aromatic rings. The highest BCUT2D eigenvalue weighted by Gasteiger charge is 2.27. The number of hydrogen-bond acceptors (Lipinski definition) is 5. The molecule has 1 saturated heterocycles. The SMILES string of the molecule is Brc1ccc(NC2=N[C@@H](c3ccccc3)CC2)c(Br)c1.Brc1ccc2nc3n(c2n1)[C@@H](c1ccccc1)CC3.O=C1CC[C@H](c2ccccc2)N1. The molecule has 0 unspecified atom stereocenters. The molecule has 0 bridgehead atoms. The zero-order valence-corrected chi connectivity index (χ0v) is 32.6. The minimum absolute atomic E-state index is 0.170. The van der Waals surface area contributed by atoms with Crippen molar-refractivity contribution in [3.05, 3.63) is 157 Å². The van der Waals surface area contributed by atoms with Crippen LogP contribution < -0.4 is 10.6 Å². The second kappa shape index (κ2) is 16.5. The summed E-state index contributed by atoms with van der Waals surface area (Å²) in [5.41, 5.74) is 6.86. The summed E-state index contributed by atoms with van der Waals surface area (Å²) in [5, 5.41) is 6.35. The van der Waals surface area contributed by atoms with Crippen molar-refractivity contribution in [3.63, 3.8) is 0 Å². The zero-order chi connectivity index (χ0) is 35.2. The summed E-state index contributed by atoms with van der Waals surface area (Å²) in [7, 11) is 0. The predicted molar refractivity (Wildman–Crippen MR) is 216 cm³/mol. The third-order valence-corrected chi connectivity index (χ3v) is 10.9. The van der Waals surface area contributed by atoms with Crippen LogP contribution in [0.2, 0.25) is 0 Å². The Bertz CT molecular complexity index is 2140. The molecule has 3 aliphatic heterocycles. The number of imidazole rings is 1. The van der Waals surface area contributed by atoms with Gasteiger partial charge in [-0.1, -0.05) is 107 Å². The number of nitrogens with zero attached hydrogens (tertiary/aromatic N) is 4. The van der Waals surface area contributed by atoms with Crippen LogP contribution in [0.5, 0.6) is 0 Å². The maximum absolute atomic E-state index is 10.9. The fourth-order valence-corrected chi connectivity index (χ4v) is 8.23. The van der Waals surface area contributed by atoms with Crippen molar-refractivity contribution in [2.24, 2.45) is 4.99 Å². The van der Waals surface area contributed by atoms with Crippen molar-refractivity contribution in [1.82, 2.24) is 19.9 Å². The van der Waals surface area contributed by atoms with Gasteiger partial charge in [0, 0.05) is 28.2 Å². The van der Waals surface area contributed by atoms with Gasteiger partial charge in [-0.15, -0.1) is 0 Å². The van der Waals surface area contributed by atoms with Crippen LogP contribution in [0.25, 0.3) is 11.2 Å². The Morgan fingerprint density at radius 1 is 0.686 bits per heavy atom. The van der Waals surface area contributed by atoms with Gasteiger partial charge in [-0.05, 0) is 98.1 Å². The van der Waals surface area contributed by atoms with Crippen molar-refractivity contribution in [1.29, 1.82) is 0 Å². The van der Waals surface area contributed by atoms with Crippen LogP contribution in [0.15, 0.2) is 140 Å². The van der Waals surface area contributed by atoms with Crippen LogP contribution in [0.1, 0.15) is 72.7 Å². The van der Waals surface area contributed by atoms with Crippen LogP contribution in [0, 0.1) is 0 Å². The molecule has 9 rings (SSSR count). The lowest BCUT2D eigenvalue weighted by atomic mass is 10.0. The Morgan fingerprint density at radius 3 is 2.04 bits per heavy atom. The van der Waals surface area contributed by atoms with E-state index in [2.05, 4.69) is 140 Å². The van der Waals surface area contributed by atoms with E-state index in [9.17, 15) is 4.79 Å². The molecule has 2 aromatic heterocycles. The molecular weight excluding hydrogens is 832 g/mol. The second-order valence-electron chi connectivity index (χ2n) is 12.7. The number of hydrogen-bond donors (Lipinski definition) is 2. The van der Waals surface area contributed by atoms with Crippen LogP contribution in [-0.4, -0.2) is 26.3 Å². The van der Waals surface area contributed by atoms with E-state index < -0.39 is 0 Å². The molecule has 7 nitrogen and oxygen atoms in total. The third-order valence-electron chi connectivity index (χ3n) is 9.27. The smallest absolute Gasteiger partial charge is 0.220 e. The van der Waals surface area contributed by atoms with Gasteiger partial charge in [-0.3, -0.25) is 9.79 Å². The van der Waals surface area contributed by atoms with Gasteiger partial charge in [-0.2, -0.15) is 0 Å². The fraction of sp³-hybridized carbons (Fsp3) is 0.220. The van der Waals surface area contributed by atoms with Gasteiger partial charge in [0.2, 0.25) is 5.91 Å². The topological polar surface area (TPSA) is 84.2 Å². The summed E-state index contributed by atoms with van der Waals surface area (Å²) < 4.78 is 5.25. The van der Waals surface area contributed by atoms with Gasteiger partial charge in [-0.25, -0.2) is 9.97 Å². The van der Waals surface area contributed by atoms with Gasteiger partial charge in [0.05, 0.1) is 23.8 Å². The number of halogens is 3. The van der Waals surface area contributed by atoms with Crippen molar-refractivity contribution in [3.8, 4) is 0 Å². The summed E-state index contributed by atoms with van der Waals surface area (Å²) in [6.45, 7) is 0. The van der Waals surface area contributed by atoms with E-state index in [1.54, 1.807) is 0 Å². The van der Waals surface area contributed by atoms with Gasteiger partial charge >= 0.3 is 0 Å². The van der Waals surface area contributed by atoms with Crippen molar-refractivity contribution in [2.75, 3.05) is 5.32 Å². The Labute approximate surface area is 323 Å². The average molecular weight is 869 g/mol. The number of carbonyl (C=O) groups is 1. The number of anilines is 1. The van der Waals surface area contributed by atoms with Crippen LogP contribution in [0.4, 0.5) is 5.69 Å². The predicted octanol–water partition coefficient (Wildman–Crippen LogP) is 10.9. The standard InChI is InChI=1S/C16H14Br2N2.C15H12BrN3.C10H11NO/c17-12-6-7-15(13(18)10-12)20-16-9-8-14(19-16)11-4-2-1-3-5-11;16-13-8-6-11-15(18-13)19-12(7-9-14(19)17-11)10-4-2-1-3-5-10;12-10-7-6-9(11-10)8-4-2-1-3-5-8/h1-7,10,14H,8-9H2,(H,19,20);1-6,8,12H,7,9H2;1-5,9H,6-7H2,(H,11,12)/t14-;12-;9-/m111/s1. The number of aryl methyl sites for hydroxylation is 1. The minimum Gasteiger partial charge on any atom is -0.349 e. The molecule has 2 N–H and O–H groups in total. The summed E-state index contributed by atoms with van der Waals surface area (Å²) in [5.74, 6) is 2.38. The molecule has 5 heterocycles. The molecule has 3 aliphatic rings. The zero-order valence-electron chi connectivity index (χ0n) is 27.9. The summed E-state index contributed by atoms with van der Waals surface area (Å²) >= 11 is 10.5. The Balaban J connectivity index is 0.000000123. The summed E-state index contributed by atoms with van der Waals surface area (Å²) in [4.78, 5) is 25.0. The highest BCUT2D eigenvalue weighted by molar-refractivity contribution is 9.11. The van der Waals surface area contributed by atoms with E-state index in [4.69, 9.17) is 4.99 Å². The molecule has 4 aromatic carbocycles. The summed E-state index contributed by atoms with van der Waals surface area (Å²) in [6.07, 6.45) is 5.79. The van der Waals surface area contributed by atoms with E-state index in [0.29, 0.717) is 12.5 Å². The van der Waals surface area contributed by atoms with E-state index in [1.807, 2.05) is 54.6 Å². The molecule has 1 fully saturated rings. The quantitative estimate of drug-likeness (QED) is 0.173. The monoisotopic (exact) mass is 866 g/mol. The Hall–Kier alpha value is -4.12. The molecule has 258 valence electrons. The lowest BCUT2D eigenvalue weighted by molar-refractivity contribution is -0.119. The molecule has 0 saturated carbocycles. The first-order valence-corrected chi connectivity index (χ1v) is 19.6. The number of amidine groups is 1. The number of benzene rings is 4. The minimum atomic E-state index is 0.170. The maximum atomic E-state index is 10.9.